The van der Waals surface area contributed by atoms with E-state index in [0.29, 0.717) is 18.0 Å². The molecule has 0 fully saturated rings. The highest BCUT2D eigenvalue weighted by atomic mass is 35.5. The molecule has 0 aliphatic carbocycles. The lowest BCUT2D eigenvalue weighted by molar-refractivity contribution is 0.581. The van der Waals surface area contributed by atoms with E-state index in [-0.39, 0.29) is 4.90 Å². The van der Waals surface area contributed by atoms with Crippen LogP contribution >= 0.6 is 11.6 Å². The minimum Gasteiger partial charge on any atom is -0.211 e. The van der Waals surface area contributed by atoms with Gasteiger partial charge in [0.1, 0.15) is 0 Å². The van der Waals surface area contributed by atoms with Gasteiger partial charge in [0.05, 0.1) is 4.90 Å². The molecule has 0 saturated carbocycles. The highest BCUT2D eigenvalue weighted by Crippen LogP contribution is 2.15. The molecule has 5 heteroatoms. The van der Waals surface area contributed by atoms with Gasteiger partial charge in [0.2, 0.25) is 10.0 Å². The van der Waals surface area contributed by atoms with Gasteiger partial charge in [0, 0.05) is 11.6 Å². The van der Waals surface area contributed by atoms with Crippen LogP contribution in [-0.2, 0) is 16.4 Å². The van der Waals surface area contributed by atoms with E-state index in [1.54, 1.807) is 24.3 Å². The van der Waals surface area contributed by atoms with E-state index in [2.05, 4.69) is 4.72 Å². The Kier molecular flexibility index (Phi) is 4.81. The zero-order valence-electron chi connectivity index (χ0n) is 11.1. The Bertz CT molecular complexity index is 699. The molecule has 0 radical (unpaired) electrons. The molecular formula is C15H16ClNO2S. The van der Waals surface area contributed by atoms with E-state index in [1.807, 2.05) is 31.2 Å². The average molecular weight is 310 g/mol. The molecule has 3 nitrogen and oxygen atoms in total. The Morgan fingerprint density at radius 3 is 2.55 bits per heavy atom. The number of hydrogen-bond acceptors (Lipinski definition) is 2. The van der Waals surface area contributed by atoms with E-state index in [0.717, 1.165) is 11.1 Å². The molecule has 20 heavy (non-hydrogen) atoms. The molecule has 0 atom stereocenters. The summed E-state index contributed by atoms with van der Waals surface area (Å²) in [7, 11) is -3.46. The Balaban J connectivity index is 2.02. The number of hydrogen-bond donors (Lipinski definition) is 1. The van der Waals surface area contributed by atoms with Crippen LogP contribution in [0, 0.1) is 6.92 Å². The number of nitrogens with one attached hydrogen (secondary N) is 1. The van der Waals surface area contributed by atoms with Crippen LogP contribution in [0.4, 0.5) is 0 Å². The Labute approximate surface area is 124 Å². The van der Waals surface area contributed by atoms with Gasteiger partial charge in [-0.2, -0.15) is 0 Å². The predicted molar refractivity (Wildman–Crippen MR) is 81.5 cm³/mol. The second-order valence-electron chi connectivity index (χ2n) is 4.56. The maximum absolute atomic E-state index is 12.1. The minimum absolute atomic E-state index is 0.289. The van der Waals surface area contributed by atoms with E-state index in [9.17, 15) is 8.42 Å². The fourth-order valence-electron chi connectivity index (χ4n) is 1.89. The number of halogens is 1. The molecule has 2 aromatic carbocycles. The van der Waals surface area contributed by atoms with Gasteiger partial charge in [-0.3, -0.25) is 0 Å². The van der Waals surface area contributed by atoms with Gasteiger partial charge >= 0.3 is 0 Å². The first-order valence-electron chi connectivity index (χ1n) is 6.29. The number of aryl methyl sites for hydroxylation is 1. The van der Waals surface area contributed by atoms with Crippen molar-refractivity contribution in [2.75, 3.05) is 6.54 Å². The zero-order valence-corrected chi connectivity index (χ0v) is 12.7. The maximum Gasteiger partial charge on any atom is 0.240 e. The molecule has 2 aromatic rings. The molecule has 106 valence electrons. The lowest BCUT2D eigenvalue weighted by Gasteiger charge is -2.08. The van der Waals surface area contributed by atoms with Gasteiger partial charge in [0.25, 0.3) is 0 Å². The van der Waals surface area contributed by atoms with Crippen LogP contribution in [-0.4, -0.2) is 15.0 Å². The van der Waals surface area contributed by atoms with Crippen molar-refractivity contribution in [2.24, 2.45) is 0 Å². The molecule has 0 amide bonds. The summed E-state index contributed by atoms with van der Waals surface area (Å²) in [6.07, 6.45) is 0.560. The standard InChI is InChI=1S/C15H16ClNO2S/c1-12-5-4-7-14(11-12)20(18,19)17-10-9-13-6-2-3-8-15(13)16/h2-8,11,17H,9-10H2,1H3. The van der Waals surface area contributed by atoms with Gasteiger partial charge in [0.15, 0.2) is 0 Å². The minimum atomic E-state index is -3.46. The Morgan fingerprint density at radius 1 is 1.10 bits per heavy atom. The summed E-state index contributed by atoms with van der Waals surface area (Å²) in [5, 5.41) is 0.655. The normalized spacial score (nSPS) is 11.5. The van der Waals surface area contributed by atoms with E-state index >= 15 is 0 Å². The van der Waals surface area contributed by atoms with Gasteiger partial charge < -0.3 is 0 Å². The third-order valence-corrected chi connectivity index (χ3v) is 4.77. The SMILES string of the molecule is Cc1cccc(S(=O)(=O)NCCc2ccccc2Cl)c1. The number of sulfonamides is 1. The van der Waals surface area contributed by atoms with Crippen molar-refractivity contribution in [3.05, 3.63) is 64.7 Å². The lowest BCUT2D eigenvalue weighted by atomic mass is 10.1. The third-order valence-electron chi connectivity index (χ3n) is 2.94. The van der Waals surface area contributed by atoms with Gasteiger partial charge in [-0.05, 0) is 42.7 Å². The van der Waals surface area contributed by atoms with Crippen LogP contribution in [0.1, 0.15) is 11.1 Å². The molecular weight excluding hydrogens is 294 g/mol. The van der Waals surface area contributed by atoms with Gasteiger partial charge in [-0.15, -0.1) is 0 Å². The fraction of sp³-hybridized carbons (Fsp3) is 0.200. The average Bonchev–Trinajstić information content (AvgIpc) is 2.41. The first-order valence-corrected chi connectivity index (χ1v) is 8.15. The molecule has 0 aliphatic rings. The molecule has 0 aromatic heterocycles. The summed E-state index contributed by atoms with van der Waals surface area (Å²) < 4.78 is 26.8. The van der Waals surface area contributed by atoms with Crippen molar-refractivity contribution in [1.29, 1.82) is 0 Å². The van der Waals surface area contributed by atoms with Crippen LogP contribution in [0.15, 0.2) is 53.4 Å². The first-order chi connectivity index (χ1) is 9.49. The largest absolute Gasteiger partial charge is 0.240 e. The van der Waals surface area contributed by atoms with Crippen molar-refractivity contribution in [2.45, 2.75) is 18.2 Å². The van der Waals surface area contributed by atoms with E-state index in [1.165, 1.54) is 0 Å². The molecule has 0 spiro atoms. The third kappa shape index (κ3) is 3.82. The Morgan fingerprint density at radius 2 is 1.85 bits per heavy atom. The van der Waals surface area contributed by atoms with Crippen molar-refractivity contribution < 1.29 is 8.42 Å². The highest BCUT2D eigenvalue weighted by Gasteiger charge is 2.13. The fourth-order valence-corrected chi connectivity index (χ4v) is 3.25. The van der Waals surface area contributed by atoms with Crippen LogP contribution in [0.2, 0.25) is 5.02 Å². The summed E-state index contributed by atoms with van der Waals surface area (Å²) in [6.45, 7) is 2.18. The second kappa shape index (κ2) is 6.39. The van der Waals surface area contributed by atoms with Crippen LogP contribution in [0.3, 0.4) is 0 Å². The second-order valence-corrected chi connectivity index (χ2v) is 6.73. The van der Waals surface area contributed by atoms with Crippen molar-refractivity contribution in [3.8, 4) is 0 Å². The summed E-state index contributed by atoms with van der Waals surface area (Å²) in [5.41, 5.74) is 1.85. The number of rotatable bonds is 5. The number of benzene rings is 2. The smallest absolute Gasteiger partial charge is 0.211 e. The van der Waals surface area contributed by atoms with Crippen LogP contribution in [0.25, 0.3) is 0 Å². The topological polar surface area (TPSA) is 46.2 Å². The molecule has 2 rings (SSSR count). The molecule has 0 saturated heterocycles. The summed E-state index contributed by atoms with van der Waals surface area (Å²) in [5.74, 6) is 0. The molecule has 0 heterocycles. The Hall–Kier alpha value is -1.36. The summed E-state index contributed by atoms with van der Waals surface area (Å²) in [6, 6.07) is 14.3. The first kappa shape index (κ1) is 15.0. The molecule has 0 unspecified atom stereocenters. The van der Waals surface area contributed by atoms with Crippen molar-refractivity contribution in [3.63, 3.8) is 0 Å². The van der Waals surface area contributed by atoms with Gasteiger partial charge in [-0.25, -0.2) is 13.1 Å². The highest BCUT2D eigenvalue weighted by molar-refractivity contribution is 7.89. The predicted octanol–water partition coefficient (Wildman–Crippen LogP) is 3.17. The van der Waals surface area contributed by atoms with Gasteiger partial charge in [-0.1, -0.05) is 41.9 Å². The summed E-state index contributed by atoms with van der Waals surface area (Å²) >= 11 is 6.03. The molecule has 1 N–H and O–H groups in total. The lowest BCUT2D eigenvalue weighted by Crippen LogP contribution is -2.26. The van der Waals surface area contributed by atoms with Crippen LogP contribution in [0.5, 0.6) is 0 Å². The monoisotopic (exact) mass is 309 g/mol. The molecule has 0 aliphatic heterocycles. The zero-order chi connectivity index (χ0) is 14.6. The quantitative estimate of drug-likeness (QED) is 0.922. The summed E-state index contributed by atoms with van der Waals surface area (Å²) in [4.78, 5) is 0.289. The van der Waals surface area contributed by atoms with E-state index in [4.69, 9.17) is 11.6 Å². The van der Waals surface area contributed by atoms with Crippen LogP contribution < -0.4 is 4.72 Å². The van der Waals surface area contributed by atoms with Crippen molar-refractivity contribution in [1.82, 2.24) is 4.72 Å². The van der Waals surface area contributed by atoms with Crippen molar-refractivity contribution >= 4 is 21.6 Å². The maximum atomic E-state index is 12.1. The molecule has 0 bridgehead atoms. The van der Waals surface area contributed by atoms with E-state index < -0.39 is 10.0 Å².